The number of hydrogen-bond acceptors (Lipinski definition) is 6. The average molecular weight is 509 g/mol. The van der Waals surface area contributed by atoms with Crippen LogP contribution < -0.4 is 0 Å². The molecule has 0 saturated heterocycles. The van der Waals surface area contributed by atoms with Crippen molar-refractivity contribution in [3.8, 4) is 0 Å². The van der Waals surface area contributed by atoms with Gasteiger partial charge in [0.1, 0.15) is 11.7 Å². The van der Waals surface area contributed by atoms with Crippen molar-refractivity contribution >= 4 is 5.97 Å². The smallest absolute Gasteiger partial charge is 0.303 e. The molecule has 4 aliphatic carbocycles. The Morgan fingerprint density at radius 2 is 1.75 bits per heavy atom. The molecule has 4 fully saturated rings. The number of ether oxygens (including phenoxy) is 1. The van der Waals surface area contributed by atoms with Gasteiger partial charge in [0, 0.05) is 25.2 Å². The molecule has 0 aromatic rings. The van der Waals surface area contributed by atoms with Gasteiger partial charge in [-0.2, -0.15) is 0 Å². The lowest BCUT2D eigenvalue weighted by Gasteiger charge is -2.65. The third-order valence-corrected chi connectivity index (χ3v) is 12.3. The summed E-state index contributed by atoms with van der Waals surface area (Å²) in [6, 6.07) is 0. The van der Waals surface area contributed by atoms with E-state index in [1.807, 2.05) is 20.8 Å². The van der Waals surface area contributed by atoms with Gasteiger partial charge in [-0.25, -0.2) is 0 Å². The first-order valence-corrected chi connectivity index (χ1v) is 14.5. The van der Waals surface area contributed by atoms with Crippen LogP contribution in [0.2, 0.25) is 0 Å². The minimum absolute atomic E-state index is 0.0754. The van der Waals surface area contributed by atoms with Gasteiger partial charge in [0.25, 0.3) is 0 Å². The topological polar surface area (TPSA) is 107 Å². The maximum Gasteiger partial charge on any atom is 0.303 e. The highest BCUT2D eigenvalue weighted by Crippen LogP contribution is 2.69. The minimum Gasteiger partial charge on any atom is -0.459 e. The third kappa shape index (κ3) is 4.36. The standard InChI is InChI=1S/C30H52O6/c1-17(2)29(7,34)16-25(33)18(3)22-8-9-23-21-14-26(36-19(4)31)30(35)15-20(32)10-13-28(30,6)24(21)11-12-27(22,23)5/h17-18,20-26,32-35H,8-16H2,1-7H3/t18-,20-,21-,22+,23-,24-,25+,26+,27+,28+,29?,30-/m0/s1. The fourth-order valence-corrected chi connectivity index (χ4v) is 9.60. The lowest BCUT2D eigenvalue weighted by atomic mass is 9.42. The van der Waals surface area contributed by atoms with E-state index in [1.54, 1.807) is 0 Å². The van der Waals surface area contributed by atoms with Crippen molar-refractivity contribution in [2.24, 2.45) is 46.3 Å². The highest BCUT2D eigenvalue weighted by atomic mass is 16.6. The number of esters is 1. The highest BCUT2D eigenvalue weighted by Gasteiger charge is 2.68. The molecule has 0 amide bonds. The van der Waals surface area contributed by atoms with E-state index in [0.29, 0.717) is 42.9 Å². The summed E-state index contributed by atoms with van der Waals surface area (Å²) in [5, 5.41) is 44.6. The Kier molecular flexibility index (Phi) is 7.47. The number of aliphatic hydroxyl groups is 4. The predicted octanol–water partition coefficient (Wildman–Crippen LogP) is 4.46. The summed E-state index contributed by atoms with van der Waals surface area (Å²) in [6.45, 7) is 14.0. The number of carbonyl (C=O) groups excluding carboxylic acids is 1. The number of fused-ring (bicyclic) bond motifs is 5. The second-order valence-corrected chi connectivity index (χ2v) is 14.3. The summed E-state index contributed by atoms with van der Waals surface area (Å²) in [7, 11) is 0. The van der Waals surface area contributed by atoms with Crippen LogP contribution in [0.25, 0.3) is 0 Å². The Morgan fingerprint density at radius 3 is 2.36 bits per heavy atom. The molecule has 12 atom stereocenters. The fourth-order valence-electron chi connectivity index (χ4n) is 9.60. The summed E-state index contributed by atoms with van der Waals surface area (Å²) >= 11 is 0. The van der Waals surface area contributed by atoms with Crippen LogP contribution in [0.5, 0.6) is 0 Å². The Labute approximate surface area is 218 Å². The van der Waals surface area contributed by atoms with Gasteiger partial charge < -0.3 is 25.2 Å². The zero-order valence-corrected chi connectivity index (χ0v) is 23.7. The van der Waals surface area contributed by atoms with Crippen molar-refractivity contribution in [2.45, 2.75) is 136 Å². The molecular weight excluding hydrogens is 456 g/mol. The van der Waals surface area contributed by atoms with Crippen molar-refractivity contribution in [3.63, 3.8) is 0 Å². The molecule has 4 aliphatic rings. The van der Waals surface area contributed by atoms with Gasteiger partial charge in [-0.3, -0.25) is 4.79 Å². The molecule has 0 radical (unpaired) electrons. The molecule has 0 heterocycles. The molecule has 6 heteroatoms. The molecular formula is C30H52O6. The van der Waals surface area contributed by atoms with E-state index < -0.39 is 34.9 Å². The third-order valence-electron chi connectivity index (χ3n) is 12.3. The zero-order valence-electron chi connectivity index (χ0n) is 23.7. The Balaban J connectivity index is 1.60. The Morgan fingerprint density at radius 1 is 1.08 bits per heavy atom. The minimum atomic E-state index is -1.20. The van der Waals surface area contributed by atoms with Crippen LogP contribution in [0.3, 0.4) is 0 Å². The van der Waals surface area contributed by atoms with Crippen molar-refractivity contribution in [3.05, 3.63) is 0 Å². The molecule has 0 aliphatic heterocycles. The van der Waals surface area contributed by atoms with E-state index in [4.69, 9.17) is 4.74 Å². The molecule has 4 rings (SSSR count). The molecule has 6 nitrogen and oxygen atoms in total. The van der Waals surface area contributed by atoms with Crippen LogP contribution >= 0.6 is 0 Å². The van der Waals surface area contributed by atoms with Gasteiger partial charge in [0.15, 0.2) is 0 Å². The summed E-state index contributed by atoms with van der Waals surface area (Å²) in [5.74, 6) is 1.30. The van der Waals surface area contributed by atoms with Gasteiger partial charge in [-0.1, -0.05) is 34.6 Å². The first-order chi connectivity index (χ1) is 16.6. The lowest BCUT2D eigenvalue weighted by molar-refractivity contribution is -0.270. The van der Waals surface area contributed by atoms with E-state index in [0.717, 1.165) is 32.1 Å². The molecule has 0 spiro atoms. The lowest BCUT2D eigenvalue weighted by Crippen LogP contribution is -2.69. The van der Waals surface area contributed by atoms with Crippen LogP contribution in [-0.4, -0.2) is 55.9 Å². The van der Waals surface area contributed by atoms with Gasteiger partial charge in [0.2, 0.25) is 0 Å². The molecule has 0 bridgehead atoms. The van der Waals surface area contributed by atoms with Crippen molar-refractivity contribution in [2.75, 3.05) is 0 Å². The average Bonchev–Trinajstić information content (AvgIpc) is 3.11. The van der Waals surface area contributed by atoms with E-state index in [2.05, 4.69) is 20.8 Å². The SMILES string of the molecule is CC(=O)O[C@@H]1C[C@H]2[C@@H]3CC[C@H]([C@H](C)[C@H](O)CC(C)(O)C(C)C)[C@@]3(C)CC[C@@H]2[C@@]2(C)CC[C@H](O)C[C@]12O. The zero-order chi connectivity index (χ0) is 26.8. The summed E-state index contributed by atoms with van der Waals surface area (Å²) in [6.07, 6.45) is 5.25. The second-order valence-electron chi connectivity index (χ2n) is 14.3. The van der Waals surface area contributed by atoms with Gasteiger partial charge in [-0.05, 0) is 92.8 Å². The van der Waals surface area contributed by atoms with Gasteiger partial charge >= 0.3 is 5.97 Å². The maximum absolute atomic E-state index is 12.1. The molecule has 0 aromatic carbocycles. The van der Waals surface area contributed by atoms with E-state index in [1.165, 1.54) is 6.92 Å². The van der Waals surface area contributed by atoms with Crippen LogP contribution in [0, 0.1) is 46.3 Å². The predicted molar refractivity (Wildman–Crippen MR) is 139 cm³/mol. The van der Waals surface area contributed by atoms with Crippen LogP contribution in [0.4, 0.5) is 0 Å². The van der Waals surface area contributed by atoms with Crippen molar-refractivity contribution < 1.29 is 30.0 Å². The summed E-state index contributed by atoms with van der Waals surface area (Å²) < 4.78 is 5.83. The number of carbonyl (C=O) groups is 1. The normalized spacial score (nSPS) is 47.8. The molecule has 4 N–H and O–H groups in total. The monoisotopic (exact) mass is 508 g/mol. The first-order valence-electron chi connectivity index (χ1n) is 14.5. The fraction of sp³-hybridized carbons (Fsp3) is 0.967. The molecule has 0 aromatic heterocycles. The number of rotatable bonds is 6. The summed E-state index contributed by atoms with van der Waals surface area (Å²) in [4.78, 5) is 12.1. The molecule has 4 saturated carbocycles. The quantitative estimate of drug-likeness (QED) is 0.395. The highest BCUT2D eigenvalue weighted by molar-refractivity contribution is 5.66. The van der Waals surface area contributed by atoms with Gasteiger partial charge in [0.05, 0.1) is 17.8 Å². The Hall–Kier alpha value is -0.690. The largest absolute Gasteiger partial charge is 0.459 e. The molecule has 1 unspecified atom stereocenters. The molecule has 36 heavy (non-hydrogen) atoms. The van der Waals surface area contributed by atoms with Crippen molar-refractivity contribution in [1.82, 2.24) is 0 Å². The summed E-state index contributed by atoms with van der Waals surface area (Å²) in [5.41, 5.74) is -2.41. The van der Waals surface area contributed by atoms with E-state index in [-0.39, 0.29) is 29.6 Å². The Bertz CT molecular complexity index is 826. The number of aliphatic hydroxyl groups excluding tert-OH is 2. The van der Waals surface area contributed by atoms with E-state index >= 15 is 0 Å². The second kappa shape index (κ2) is 9.50. The maximum atomic E-state index is 12.1. The van der Waals surface area contributed by atoms with Crippen LogP contribution in [0.1, 0.15) is 106 Å². The number of hydrogen-bond donors (Lipinski definition) is 4. The van der Waals surface area contributed by atoms with Crippen LogP contribution in [0.15, 0.2) is 0 Å². The molecule has 208 valence electrons. The van der Waals surface area contributed by atoms with Crippen molar-refractivity contribution in [1.29, 1.82) is 0 Å². The van der Waals surface area contributed by atoms with E-state index in [9.17, 15) is 25.2 Å². The van der Waals surface area contributed by atoms with Crippen LogP contribution in [-0.2, 0) is 9.53 Å². The van der Waals surface area contributed by atoms with Gasteiger partial charge in [-0.15, -0.1) is 0 Å². The first kappa shape index (κ1) is 28.3.